The predicted molar refractivity (Wildman–Crippen MR) is 163 cm³/mol. The van der Waals surface area contributed by atoms with E-state index in [0.29, 0.717) is 6.61 Å². The number of hydrogen-bond donors (Lipinski definition) is 3. The summed E-state index contributed by atoms with van der Waals surface area (Å²) in [6.07, 6.45) is 20.7. The fraction of sp³-hybridized carbons (Fsp3) is 0.710. The minimum atomic E-state index is -0.881. The standard InChI is InChI=1S/C31H53N3O4.ClH/c1-2-3-4-5-6-7-8-9-10-11-12-13-14-15-16-20-25-38-31(37)28(23-24-29(32)35)34-30(36)26-33-27-21-18-17-19-22-27;/h17-19,21-22,28,33H,2-16,20,23-26H2,1H3,(H2,32,35)(H,34,36);1H/t28-;/m0./s1. The Bertz CT molecular complexity index is 749. The second-order valence-electron chi connectivity index (χ2n) is 10.3. The Hall–Kier alpha value is -2.28. The molecule has 39 heavy (non-hydrogen) atoms. The zero-order valence-electron chi connectivity index (χ0n) is 24.2. The summed E-state index contributed by atoms with van der Waals surface area (Å²) < 4.78 is 5.39. The van der Waals surface area contributed by atoms with E-state index in [2.05, 4.69) is 17.6 Å². The highest BCUT2D eigenvalue weighted by Gasteiger charge is 2.22. The Morgan fingerprint density at radius 2 is 1.26 bits per heavy atom. The van der Waals surface area contributed by atoms with Gasteiger partial charge in [0.15, 0.2) is 0 Å². The number of rotatable bonds is 25. The Labute approximate surface area is 243 Å². The maximum atomic E-state index is 12.5. The lowest BCUT2D eigenvalue weighted by atomic mass is 10.0. The maximum Gasteiger partial charge on any atom is 0.328 e. The Kier molecular flexibility index (Phi) is 24.5. The van der Waals surface area contributed by atoms with Crippen LogP contribution in [0.2, 0.25) is 0 Å². The molecule has 4 N–H and O–H groups in total. The van der Waals surface area contributed by atoms with E-state index < -0.39 is 17.9 Å². The summed E-state index contributed by atoms with van der Waals surface area (Å²) in [5.74, 6) is -1.37. The fourth-order valence-electron chi connectivity index (χ4n) is 4.44. The molecule has 0 aliphatic rings. The number of unbranched alkanes of at least 4 members (excludes halogenated alkanes) is 15. The normalized spacial score (nSPS) is 11.3. The zero-order valence-corrected chi connectivity index (χ0v) is 25.0. The van der Waals surface area contributed by atoms with Crippen molar-refractivity contribution in [1.29, 1.82) is 0 Å². The summed E-state index contributed by atoms with van der Waals surface area (Å²) >= 11 is 0. The van der Waals surface area contributed by atoms with Gasteiger partial charge in [0.1, 0.15) is 6.04 Å². The lowest BCUT2D eigenvalue weighted by Gasteiger charge is -2.17. The number of primary amides is 1. The Balaban J connectivity index is 0.0000144. The van der Waals surface area contributed by atoms with E-state index in [0.717, 1.165) is 24.9 Å². The summed E-state index contributed by atoms with van der Waals surface area (Å²) in [6.45, 7) is 2.60. The van der Waals surface area contributed by atoms with Gasteiger partial charge in [-0.2, -0.15) is 0 Å². The molecule has 0 aliphatic heterocycles. The highest BCUT2D eigenvalue weighted by Crippen LogP contribution is 2.14. The number of esters is 1. The number of hydrogen-bond acceptors (Lipinski definition) is 5. The molecule has 8 heteroatoms. The molecule has 0 unspecified atom stereocenters. The van der Waals surface area contributed by atoms with Gasteiger partial charge in [-0.15, -0.1) is 12.4 Å². The largest absolute Gasteiger partial charge is 0.464 e. The number of para-hydroxylation sites is 1. The molecule has 0 radical (unpaired) electrons. The molecule has 1 rings (SSSR count). The minimum Gasteiger partial charge on any atom is -0.464 e. The summed E-state index contributed by atoms with van der Waals surface area (Å²) in [5, 5.41) is 5.67. The van der Waals surface area contributed by atoms with Gasteiger partial charge in [0.05, 0.1) is 13.2 Å². The van der Waals surface area contributed by atoms with Crippen molar-refractivity contribution in [1.82, 2.24) is 5.32 Å². The smallest absolute Gasteiger partial charge is 0.328 e. The lowest BCUT2D eigenvalue weighted by Crippen LogP contribution is -2.44. The molecule has 0 bridgehead atoms. The number of benzene rings is 1. The van der Waals surface area contributed by atoms with Gasteiger partial charge in [-0.05, 0) is 25.0 Å². The quantitative estimate of drug-likeness (QED) is 0.0863. The van der Waals surface area contributed by atoms with Crippen LogP contribution in [0.3, 0.4) is 0 Å². The van der Waals surface area contributed by atoms with E-state index in [1.54, 1.807) is 0 Å². The van der Waals surface area contributed by atoms with E-state index >= 15 is 0 Å². The number of halogens is 1. The van der Waals surface area contributed by atoms with Crippen LogP contribution in [0.15, 0.2) is 30.3 Å². The van der Waals surface area contributed by atoms with Crippen molar-refractivity contribution in [2.75, 3.05) is 18.5 Å². The number of nitrogens with one attached hydrogen (secondary N) is 2. The Morgan fingerprint density at radius 1 is 0.769 bits per heavy atom. The molecular formula is C31H54ClN3O4. The predicted octanol–water partition coefficient (Wildman–Crippen LogP) is 7.08. The van der Waals surface area contributed by atoms with Gasteiger partial charge in [0, 0.05) is 12.1 Å². The van der Waals surface area contributed by atoms with Crippen molar-refractivity contribution in [2.45, 2.75) is 129 Å². The third kappa shape index (κ3) is 22.3. The summed E-state index contributed by atoms with van der Waals surface area (Å²) in [4.78, 5) is 36.0. The number of ether oxygens (including phenoxy) is 1. The molecule has 0 fully saturated rings. The van der Waals surface area contributed by atoms with Crippen LogP contribution in [-0.4, -0.2) is 37.0 Å². The summed E-state index contributed by atoms with van der Waals surface area (Å²) in [5.41, 5.74) is 6.04. The van der Waals surface area contributed by atoms with E-state index in [-0.39, 0.29) is 37.7 Å². The van der Waals surface area contributed by atoms with Gasteiger partial charge in [0.2, 0.25) is 11.8 Å². The van der Waals surface area contributed by atoms with Crippen molar-refractivity contribution in [3.8, 4) is 0 Å². The SMILES string of the molecule is CCCCCCCCCCCCCCCCCCOC(=O)[C@H](CCC(N)=O)NC(=O)CNc1ccccc1.Cl. The van der Waals surface area contributed by atoms with Crippen LogP contribution in [-0.2, 0) is 19.1 Å². The second-order valence-corrected chi connectivity index (χ2v) is 10.3. The minimum absolute atomic E-state index is 0. The molecule has 0 spiro atoms. The fourth-order valence-corrected chi connectivity index (χ4v) is 4.44. The lowest BCUT2D eigenvalue weighted by molar-refractivity contribution is -0.148. The monoisotopic (exact) mass is 567 g/mol. The second kappa shape index (κ2) is 26.0. The summed E-state index contributed by atoms with van der Waals surface area (Å²) in [6, 6.07) is 8.45. The molecule has 1 aromatic carbocycles. The number of nitrogens with two attached hydrogens (primary N) is 1. The first-order valence-electron chi connectivity index (χ1n) is 15.1. The highest BCUT2D eigenvalue weighted by molar-refractivity contribution is 5.87. The topological polar surface area (TPSA) is 111 Å². The van der Waals surface area contributed by atoms with Crippen molar-refractivity contribution in [3.05, 3.63) is 30.3 Å². The van der Waals surface area contributed by atoms with Gasteiger partial charge in [-0.1, -0.05) is 121 Å². The van der Waals surface area contributed by atoms with Crippen molar-refractivity contribution in [3.63, 3.8) is 0 Å². The molecular weight excluding hydrogens is 514 g/mol. The average Bonchev–Trinajstić information content (AvgIpc) is 2.92. The molecule has 1 atom stereocenters. The van der Waals surface area contributed by atoms with Crippen LogP contribution < -0.4 is 16.4 Å². The molecule has 7 nitrogen and oxygen atoms in total. The van der Waals surface area contributed by atoms with Gasteiger partial charge in [0.25, 0.3) is 0 Å². The molecule has 0 saturated heterocycles. The van der Waals surface area contributed by atoms with Crippen LogP contribution in [0, 0.1) is 0 Å². The molecule has 0 saturated carbocycles. The van der Waals surface area contributed by atoms with Gasteiger partial charge in [-0.25, -0.2) is 4.79 Å². The van der Waals surface area contributed by atoms with Crippen LogP contribution in [0.4, 0.5) is 5.69 Å². The van der Waals surface area contributed by atoms with E-state index in [1.807, 2.05) is 30.3 Å². The molecule has 224 valence electrons. The molecule has 1 aromatic rings. The van der Waals surface area contributed by atoms with E-state index in [9.17, 15) is 14.4 Å². The van der Waals surface area contributed by atoms with E-state index in [4.69, 9.17) is 10.5 Å². The van der Waals surface area contributed by atoms with Crippen LogP contribution >= 0.6 is 12.4 Å². The first kappa shape index (κ1) is 36.7. The number of carbonyl (C=O) groups is 3. The number of carbonyl (C=O) groups excluding carboxylic acids is 3. The summed E-state index contributed by atoms with van der Waals surface area (Å²) in [7, 11) is 0. The molecule has 0 aromatic heterocycles. The zero-order chi connectivity index (χ0) is 27.7. The van der Waals surface area contributed by atoms with Gasteiger partial charge >= 0.3 is 5.97 Å². The van der Waals surface area contributed by atoms with Crippen LogP contribution in [0.1, 0.15) is 122 Å². The van der Waals surface area contributed by atoms with Crippen molar-refractivity contribution in [2.24, 2.45) is 5.73 Å². The molecule has 0 aliphatic carbocycles. The first-order valence-corrected chi connectivity index (χ1v) is 15.1. The first-order chi connectivity index (χ1) is 18.5. The molecule has 0 heterocycles. The number of amides is 2. The average molecular weight is 568 g/mol. The van der Waals surface area contributed by atoms with Gasteiger partial charge < -0.3 is 21.1 Å². The Morgan fingerprint density at radius 3 is 1.74 bits per heavy atom. The van der Waals surface area contributed by atoms with Crippen LogP contribution in [0.5, 0.6) is 0 Å². The molecule has 2 amide bonds. The van der Waals surface area contributed by atoms with Crippen molar-refractivity contribution < 1.29 is 19.1 Å². The van der Waals surface area contributed by atoms with Gasteiger partial charge in [-0.3, -0.25) is 9.59 Å². The van der Waals surface area contributed by atoms with E-state index in [1.165, 1.54) is 83.5 Å². The van der Waals surface area contributed by atoms with Crippen LogP contribution in [0.25, 0.3) is 0 Å². The number of anilines is 1. The third-order valence-electron chi connectivity index (χ3n) is 6.77. The third-order valence-corrected chi connectivity index (χ3v) is 6.77. The van der Waals surface area contributed by atoms with Crippen molar-refractivity contribution >= 4 is 35.9 Å². The maximum absolute atomic E-state index is 12.5. The highest BCUT2D eigenvalue weighted by atomic mass is 35.5.